The van der Waals surface area contributed by atoms with E-state index < -0.39 is 65.8 Å². The van der Waals surface area contributed by atoms with E-state index in [1.54, 1.807) is 6.92 Å². The number of carbonyl (C=O) groups excluding carboxylic acids is 6. The molecule has 218 valence electrons. The molecule has 2 aliphatic heterocycles. The van der Waals surface area contributed by atoms with Crippen LogP contribution in [0, 0.1) is 5.92 Å². The number of esters is 1. The van der Waals surface area contributed by atoms with Gasteiger partial charge in [-0.15, -0.1) is 6.58 Å². The van der Waals surface area contributed by atoms with Crippen molar-refractivity contribution >= 4 is 35.5 Å². The fourth-order valence-electron chi connectivity index (χ4n) is 4.66. The van der Waals surface area contributed by atoms with Crippen LogP contribution in [0.3, 0.4) is 0 Å². The van der Waals surface area contributed by atoms with Crippen molar-refractivity contribution in [3.05, 3.63) is 12.7 Å². The Labute approximate surface area is 230 Å². The third-order valence-electron chi connectivity index (χ3n) is 7.77. The Morgan fingerprint density at radius 2 is 1.64 bits per heavy atom. The van der Waals surface area contributed by atoms with Crippen LogP contribution in [0.5, 0.6) is 0 Å². The van der Waals surface area contributed by atoms with E-state index in [1.165, 1.54) is 41.8 Å². The molecule has 0 aliphatic carbocycles. The number of carbonyl (C=O) groups is 6. The summed E-state index contributed by atoms with van der Waals surface area (Å²) >= 11 is 0. The number of nitrogens with zero attached hydrogens (tertiary/aromatic N) is 3. The highest BCUT2D eigenvalue weighted by Gasteiger charge is 2.41. The number of amides is 5. The first-order valence-electron chi connectivity index (χ1n) is 13.6. The zero-order valence-electron chi connectivity index (χ0n) is 23.9. The Morgan fingerprint density at radius 1 is 1.00 bits per heavy atom. The van der Waals surface area contributed by atoms with Gasteiger partial charge in [0.1, 0.15) is 24.2 Å². The molecular weight excluding hydrogens is 506 g/mol. The average molecular weight is 550 g/mol. The topological polar surface area (TPSA) is 145 Å². The van der Waals surface area contributed by atoms with Gasteiger partial charge in [0.05, 0.1) is 6.42 Å². The number of ether oxygens (including phenoxy) is 1. The van der Waals surface area contributed by atoms with Gasteiger partial charge in [0, 0.05) is 33.6 Å². The van der Waals surface area contributed by atoms with E-state index >= 15 is 0 Å². The van der Waals surface area contributed by atoms with Crippen molar-refractivity contribution in [1.82, 2.24) is 25.3 Å². The third kappa shape index (κ3) is 7.57. The summed E-state index contributed by atoms with van der Waals surface area (Å²) in [7, 11) is 2.95. The van der Waals surface area contributed by atoms with Crippen molar-refractivity contribution in [3.8, 4) is 0 Å². The van der Waals surface area contributed by atoms with Gasteiger partial charge in [-0.2, -0.15) is 0 Å². The maximum Gasteiger partial charge on any atom is 0.308 e. The highest BCUT2D eigenvalue weighted by Crippen LogP contribution is 2.22. The van der Waals surface area contributed by atoms with E-state index in [4.69, 9.17) is 4.74 Å². The van der Waals surface area contributed by atoms with Crippen LogP contribution in [-0.2, 0) is 33.5 Å². The molecule has 0 bridgehead atoms. The molecule has 39 heavy (non-hydrogen) atoms. The quantitative estimate of drug-likeness (QED) is 0.377. The maximum absolute atomic E-state index is 13.6. The summed E-state index contributed by atoms with van der Waals surface area (Å²) in [6, 6.07) is -3.56. The van der Waals surface area contributed by atoms with Gasteiger partial charge in [0.25, 0.3) is 5.91 Å². The molecule has 6 atom stereocenters. The Morgan fingerprint density at radius 3 is 2.26 bits per heavy atom. The van der Waals surface area contributed by atoms with Crippen LogP contribution in [0.4, 0.5) is 0 Å². The van der Waals surface area contributed by atoms with Crippen molar-refractivity contribution in [2.24, 2.45) is 5.92 Å². The number of rotatable bonds is 4. The maximum atomic E-state index is 13.6. The predicted octanol–water partition coefficient (Wildman–Crippen LogP) is 0.210. The third-order valence-corrected chi connectivity index (χ3v) is 7.77. The van der Waals surface area contributed by atoms with Gasteiger partial charge in [-0.1, -0.05) is 26.3 Å². The minimum Gasteiger partial charge on any atom is -0.452 e. The Hall–Kier alpha value is -3.44. The molecule has 0 saturated carbocycles. The lowest BCUT2D eigenvalue weighted by Gasteiger charge is -2.35. The summed E-state index contributed by atoms with van der Waals surface area (Å²) in [6.07, 6.45) is 1.71. The molecular formula is C27H43N5O7. The first kappa shape index (κ1) is 31.8. The lowest BCUT2D eigenvalue weighted by Crippen LogP contribution is -2.59. The molecule has 2 rings (SSSR count). The van der Waals surface area contributed by atoms with Gasteiger partial charge in [0.15, 0.2) is 6.10 Å². The molecule has 0 aromatic carbocycles. The first-order valence-corrected chi connectivity index (χ1v) is 13.6. The number of likely N-dealkylation sites (N-methyl/N-ethyl adjacent to an activating group) is 2. The standard InChI is InChI=1S/C27H43N5O7/c1-8-11-20-26(37)32-15-10-12-19(32)24(35)29-22(16(3)9-2)27(38)31(7)18(5)25(36)30(6)17(4)23(34)28-14-13-21(33)39-20/h8,16-20,22H,1,9-15H2,2-7H3,(H,28,34)(H,29,35)/t16-,17-,18-,19-,20?,22-/m0/s1. The monoisotopic (exact) mass is 549 g/mol. The van der Waals surface area contributed by atoms with Crippen molar-refractivity contribution in [1.29, 1.82) is 0 Å². The number of hydrogen-bond donors (Lipinski definition) is 2. The van der Waals surface area contributed by atoms with Gasteiger partial charge in [0.2, 0.25) is 23.6 Å². The molecule has 2 aliphatic rings. The van der Waals surface area contributed by atoms with Crippen molar-refractivity contribution in [2.75, 3.05) is 27.2 Å². The second-order valence-corrected chi connectivity index (χ2v) is 10.4. The van der Waals surface area contributed by atoms with Gasteiger partial charge in [-0.3, -0.25) is 28.8 Å². The highest BCUT2D eigenvalue weighted by molar-refractivity contribution is 5.96. The predicted molar refractivity (Wildman–Crippen MR) is 143 cm³/mol. The van der Waals surface area contributed by atoms with E-state index in [1.807, 2.05) is 13.8 Å². The fraction of sp³-hybridized carbons (Fsp3) is 0.704. The summed E-state index contributed by atoms with van der Waals surface area (Å²) in [4.78, 5) is 82.7. The molecule has 12 nitrogen and oxygen atoms in total. The molecule has 5 amide bonds. The van der Waals surface area contributed by atoms with Gasteiger partial charge in [-0.25, -0.2) is 0 Å². The van der Waals surface area contributed by atoms with Crippen LogP contribution in [0.1, 0.15) is 59.8 Å². The Bertz CT molecular complexity index is 970. The summed E-state index contributed by atoms with van der Waals surface area (Å²) in [5, 5.41) is 5.44. The highest BCUT2D eigenvalue weighted by atomic mass is 16.5. The molecule has 2 heterocycles. The Kier molecular flexibility index (Phi) is 11.5. The number of nitrogens with one attached hydrogen (secondary N) is 2. The van der Waals surface area contributed by atoms with Crippen molar-refractivity contribution in [2.45, 2.75) is 90.1 Å². The Balaban J connectivity index is 2.45. The zero-order chi connectivity index (χ0) is 29.4. The van der Waals surface area contributed by atoms with Gasteiger partial charge < -0.3 is 30.1 Å². The van der Waals surface area contributed by atoms with Crippen molar-refractivity contribution < 1.29 is 33.5 Å². The van der Waals surface area contributed by atoms with Crippen LogP contribution in [-0.4, -0.2) is 108 Å². The molecule has 0 spiro atoms. The molecule has 0 aromatic rings. The van der Waals surface area contributed by atoms with E-state index in [0.29, 0.717) is 25.8 Å². The smallest absolute Gasteiger partial charge is 0.308 e. The molecule has 1 unspecified atom stereocenters. The summed E-state index contributed by atoms with van der Waals surface area (Å²) < 4.78 is 5.42. The number of fused-ring (bicyclic) bond motifs is 1. The SMILES string of the molecule is C=CCC1OC(=O)CCNC(=O)[C@H](C)N(C)C(=O)[C@H](C)N(C)C(=O)[C@H]([C@@H](C)CC)NC(=O)[C@@H]2CCCN2C1=O. The molecule has 2 fully saturated rings. The summed E-state index contributed by atoms with van der Waals surface area (Å²) in [6.45, 7) is 10.7. The average Bonchev–Trinajstić information content (AvgIpc) is 3.42. The van der Waals surface area contributed by atoms with E-state index in [0.717, 1.165) is 0 Å². The van der Waals surface area contributed by atoms with Crippen LogP contribution < -0.4 is 10.6 Å². The second kappa shape index (κ2) is 14.1. The largest absolute Gasteiger partial charge is 0.452 e. The van der Waals surface area contributed by atoms with Crippen LogP contribution in [0.15, 0.2) is 12.7 Å². The van der Waals surface area contributed by atoms with E-state index in [9.17, 15) is 28.8 Å². The normalized spacial score (nSPS) is 29.5. The van der Waals surface area contributed by atoms with Crippen LogP contribution in [0.25, 0.3) is 0 Å². The lowest BCUT2D eigenvalue weighted by atomic mass is 9.96. The number of cyclic esters (lactones) is 1. The zero-order valence-corrected chi connectivity index (χ0v) is 23.9. The van der Waals surface area contributed by atoms with E-state index in [-0.39, 0.29) is 25.3 Å². The minimum absolute atomic E-state index is 0.0572. The molecule has 2 saturated heterocycles. The molecule has 0 radical (unpaired) electrons. The molecule has 0 aromatic heterocycles. The fourth-order valence-corrected chi connectivity index (χ4v) is 4.66. The van der Waals surface area contributed by atoms with E-state index in [2.05, 4.69) is 17.2 Å². The van der Waals surface area contributed by atoms with Crippen molar-refractivity contribution in [3.63, 3.8) is 0 Å². The van der Waals surface area contributed by atoms with Gasteiger partial charge >= 0.3 is 5.97 Å². The lowest BCUT2D eigenvalue weighted by molar-refractivity contribution is -0.161. The summed E-state index contributed by atoms with van der Waals surface area (Å²) in [5.74, 6) is -3.33. The molecule has 2 N–H and O–H groups in total. The van der Waals surface area contributed by atoms with Crippen LogP contribution in [0.2, 0.25) is 0 Å². The summed E-state index contributed by atoms with van der Waals surface area (Å²) in [5.41, 5.74) is 0. The van der Waals surface area contributed by atoms with Gasteiger partial charge in [-0.05, 0) is 32.6 Å². The van der Waals surface area contributed by atoms with Crippen LogP contribution >= 0.6 is 0 Å². The first-order chi connectivity index (χ1) is 18.3. The number of hydrogen-bond acceptors (Lipinski definition) is 7. The minimum atomic E-state index is -1.16. The second-order valence-electron chi connectivity index (χ2n) is 10.4. The molecule has 12 heteroatoms.